The van der Waals surface area contributed by atoms with Crippen LogP contribution in [0.5, 0.6) is 17.2 Å². The number of methoxy groups -OCH3 is 3. The smallest absolute Gasteiger partial charge is 0.203 e. The highest BCUT2D eigenvalue weighted by Gasteiger charge is 2.13. The van der Waals surface area contributed by atoms with E-state index in [9.17, 15) is 0 Å². The van der Waals surface area contributed by atoms with Crippen molar-refractivity contribution in [1.29, 1.82) is 0 Å². The molecular weight excluding hydrogens is 292 g/mol. The molecule has 0 fully saturated rings. The molecule has 0 saturated heterocycles. The lowest BCUT2D eigenvalue weighted by Gasteiger charge is -2.15. The van der Waals surface area contributed by atoms with Crippen molar-refractivity contribution in [1.82, 2.24) is 4.98 Å². The summed E-state index contributed by atoms with van der Waals surface area (Å²) in [6.07, 6.45) is 1.81. The van der Waals surface area contributed by atoms with Gasteiger partial charge < -0.3 is 24.5 Å². The molecule has 5 nitrogen and oxygen atoms in total. The van der Waals surface area contributed by atoms with Gasteiger partial charge >= 0.3 is 0 Å². The Bertz CT molecular complexity index is 786. The van der Waals surface area contributed by atoms with Crippen molar-refractivity contribution in [2.75, 3.05) is 26.6 Å². The summed E-state index contributed by atoms with van der Waals surface area (Å²) in [7, 11) is 4.83. The minimum atomic E-state index is 0.599. The molecule has 3 rings (SSSR count). The number of hydrogen-bond donors (Lipinski definition) is 2. The summed E-state index contributed by atoms with van der Waals surface area (Å²) in [5.74, 6) is 1.90. The van der Waals surface area contributed by atoms with Gasteiger partial charge in [0, 0.05) is 35.4 Å². The zero-order valence-corrected chi connectivity index (χ0v) is 13.4. The maximum absolute atomic E-state index is 5.38. The molecule has 0 atom stereocenters. The number of fused-ring (bicyclic) bond motifs is 1. The van der Waals surface area contributed by atoms with E-state index in [1.807, 2.05) is 30.5 Å². The number of benzene rings is 2. The largest absolute Gasteiger partial charge is 0.493 e. The fraction of sp³-hybridized carbons (Fsp3) is 0.222. The predicted octanol–water partition coefficient (Wildman–Crippen LogP) is 3.61. The Morgan fingerprint density at radius 3 is 2.39 bits per heavy atom. The van der Waals surface area contributed by atoms with Crippen LogP contribution in [0.2, 0.25) is 0 Å². The zero-order chi connectivity index (χ0) is 16.2. The van der Waals surface area contributed by atoms with Crippen LogP contribution in [0.15, 0.2) is 36.5 Å². The summed E-state index contributed by atoms with van der Waals surface area (Å²) in [5, 5.41) is 4.45. The molecule has 0 spiro atoms. The summed E-state index contributed by atoms with van der Waals surface area (Å²) in [4.78, 5) is 3.13. The van der Waals surface area contributed by atoms with E-state index >= 15 is 0 Å². The molecule has 23 heavy (non-hydrogen) atoms. The van der Waals surface area contributed by atoms with Crippen molar-refractivity contribution in [2.45, 2.75) is 6.54 Å². The number of ether oxygens (including phenoxy) is 3. The van der Waals surface area contributed by atoms with Crippen LogP contribution >= 0.6 is 0 Å². The SMILES string of the molecule is COc1cc(CNc2ccc3[nH]c[c]c3c2)cc(OC)c1OC. The van der Waals surface area contributed by atoms with Crippen LogP contribution in [0.25, 0.3) is 10.9 Å². The summed E-state index contributed by atoms with van der Waals surface area (Å²) in [5.41, 5.74) is 3.14. The molecule has 0 aliphatic rings. The second kappa shape index (κ2) is 6.52. The fourth-order valence-corrected chi connectivity index (χ4v) is 2.53. The summed E-state index contributed by atoms with van der Waals surface area (Å²) in [6.45, 7) is 0.645. The molecule has 2 N–H and O–H groups in total. The first-order valence-corrected chi connectivity index (χ1v) is 7.26. The van der Waals surface area contributed by atoms with Crippen LogP contribution in [-0.4, -0.2) is 26.3 Å². The highest BCUT2D eigenvalue weighted by atomic mass is 16.5. The number of hydrogen-bond acceptors (Lipinski definition) is 4. The number of anilines is 1. The van der Waals surface area contributed by atoms with Gasteiger partial charge in [0.1, 0.15) is 0 Å². The highest BCUT2D eigenvalue weighted by molar-refractivity contribution is 5.82. The highest BCUT2D eigenvalue weighted by Crippen LogP contribution is 2.38. The second-order valence-corrected chi connectivity index (χ2v) is 5.08. The molecule has 1 heterocycles. The number of H-pyrrole nitrogens is 1. The van der Waals surface area contributed by atoms with Gasteiger partial charge in [0.2, 0.25) is 5.75 Å². The van der Waals surface area contributed by atoms with Crippen molar-refractivity contribution >= 4 is 16.6 Å². The molecule has 2 aromatic carbocycles. The van der Waals surface area contributed by atoms with E-state index in [2.05, 4.69) is 22.4 Å². The molecule has 0 saturated carbocycles. The Morgan fingerprint density at radius 2 is 1.74 bits per heavy atom. The van der Waals surface area contributed by atoms with E-state index in [0.717, 1.165) is 22.2 Å². The molecule has 119 valence electrons. The number of nitrogens with one attached hydrogen (secondary N) is 2. The Balaban J connectivity index is 1.81. The third-order valence-corrected chi connectivity index (χ3v) is 3.70. The lowest BCUT2D eigenvalue weighted by molar-refractivity contribution is 0.324. The van der Waals surface area contributed by atoms with Gasteiger partial charge in [-0.05, 0) is 35.9 Å². The van der Waals surface area contributed by atoms with E-state index in [1.54, 1.807) is 21.3 Å². The number of rotatable bonds is 6. The van der Waals surface area contributed by atoms with Gasteiger partial charge in [-0.15, -0.1) is 0 Å². The Hall–Kier alpha value is -2.82. The molecule has 0 aliphatic heterocycles. The van der Waals surface area contributed by atoms with Crippen molar-refractivity contribution in [3.05, 3.63) is 48.2 Å². The van der Waals surface area contributed by atoms with Gasteiger partial charge in [0.25, 0.3) is 0 Å². The lowest BCUT2D eigenvalue weighted by atomic mass is 10.1. The fourth-order valence-electron chi connectivity index (χ4n) is 2.53. The molecular formula is C18H19N2O3. The summed E-state index contributed by atoms with van der Waals surface area (Å²) < 4.78 is 16.1. The van der Waals surface area contributed by atoms with Crippen LogP contribution in [0.4, 0.5) is 5.69 Å². The van der Waals surface area contributed by atoms with Gasteiger partial charge in [-0.1, -0.05) is 0 Å². The average molecular weight is 311 g/mol. The van der Waals surface area contributed by atoms with Gasteiger partial charge in [-0.3, -0.25) is 0 Å². The molecule has 3 aromatic rings. The van der Waals surface area contributed by atoms with Crippen LogP contribution in [0, 0.1) is 6.07 Å². The summed E-state index contributed by atoms with van der Waals surface area (Å²) >= 11 is 0. The van der Waals surface area contributed by atoms with E-state index in [1.165, 1.54) is 0 Å². The van der Waals surface area contributed by atoms with Gasteiger partial charge in [-0.2, -0.15) is 0 Å². The first-order valence-electron chi connectivity index (χ1n) is 7.26. The number of aromatic nitrogens is 1. The van der Waals surface area contributed by atoms with E-state index in [4.69, 9.17) is 14.2 Å². The van der Waals surface area contributed by atoms with Crippen molar-refractivity contribution in [3.8, 4) is 17.2 Å². The first-order chi connectivity index (χ1) is 11.2. The van der Waals surface area contributed by atoms with Crippen LogP contribution < -0.4 is 19.5 Å². The van der Waals surface area contributed by atoms with Crippen LogP contribution in [0.1, 0.15) is 5.56 Å². The zero-order valence-electron chi connectivity index (χ0n) is 13.4. The molecule has 0 unspecified atom stereocenters. The average Bonchev–Trinajstić information content (AvgIpc) is 3.06. The third-order valence-electron chi connectivity index (χ3n) is 3.70. The third kappa shape index (κ3) is 3.04. The minimum absolute atomic E-state index is 0.599. The van der Waals surface area contributed by atoms with E-state index < -0.39 is 0 Å². The van der Waals surface area contributed by atoms with Gasteiger partial charge in [-0.25, -0.2) is 0 Å². The molecule has 0 amide bonds. The Morgan fingerprint density at radius 1 is 1.00 bits per heavy atom. The minimum Gasteiger partial charge on any atom is -0.493 e. The predicted molar refractivity (Wildman–Crippen MR) is 90.6 cm³/mol. The summed E-state index contributed by atoms with van der Waals surface area (Å²) in [6, 6.07) is 13.2. The van der Waals surface area contributed by atoms with E-state index in [-0.39, 0.29) is 0 Å². The monoisotopic (exact) mass is 311 g/mol. The normalized spacial score (nSPS) is 10.6. The molecule has 5 heteroatoms. The molecule has 1 radical (unpaired) electrons. The maximum Gasteiger partial charge on any atom is 0.203 e. The Kier molecular flexibility index (Phi) is 4.28. The lowest BCUT2D eigenvalue weighted by Crippen LogP contribution is -2.02. The van der Waals surface area contributed by atoms with E-state index in [0.29, 0.717) is 23.8 Å². The molecule has 1 aromatic heterocycles. The first kappa shape index (κ1) is 15.1. The van der Waals surface area contributed by atoms with Gasteiger partial charge in [0.05, 0.1) is 21.3 Å². The van der Waals surface area contributed by atoms with Gasteiger partial charge in [0.15, 0.2) is 11.5 Å². The van der Waals surface area contributed by atoms with Crippen LogP contribution in [0.3, 0.4) is 0 Å². The standard InChI is InChI=1S/C18H19N2O3/c1-21-16-8-12(9-17(22-2)18(16)23-3)11-20-14-4-5-15-13(10-14)6-7-19-15/h4-5,7-10,19-20H,11H2,1-3H3. The van der Waals surface area contributed by atoms with Crippen molar-refractivity contribution < 1.29 is 14.2 Å². The number of aromatic amines is 1. The van der Waals surface area contributed by atoms with Crippen LogP contribution in [-0.2, 0) is 6.54 Å². The molecule has 0 aliphatic carbocycles. The quantitative estimate of drug-likeness (QED) is 0.730. The topological polar surface area (TPSA) is 55.5 Å². The Labute approximate surface area is 135 Å². The maximum atomic E-state index is 5.38. The molecule has 0 bridgehead atoms. The van der Waals surface area contributed by atoms with Crippen molar-refractivity contribution in [2.24, 2.45) is 0 Å². The second-order valence-electron chi connectivity index (χ2n) is 5.08. The van der Waals surface area contributed by atoms with Crippen molar-refractivity contribution in [3.63, 3.8) is 0 Å².